The second kappa shape index (κ2) is 9.87. The molecule has 1 fully saturated rings. The summed E-state index contributed by atoms with van der Waals surface area (Å²) in [4.78, 5) is 14.1. The standard InChI is InChI=1S/C24H29F4N3O3S/c1-5-35(33,34)30-21-19(31(14-24(21,27)28)22(32)23(2,3)29-4)13-16-9-7-11-18(20(16)26)15-8-6-10-17(25)12-15/h6-12,19,21,29-30H,5,13-14H2,1-4H3/t19-,21+/m0/s1. The molecule has 2 aromatic rings. The van der Waals surface area contributed by atoms with E-state index in [1.165, 1.54) is 64.2 Å². The van der Waals surface area contributed by atoms with Crippen molar-refractivity contribution in [1.29, 1.82) is 0 Å². The van der Waals surface area contributed by atoms with Gasteiger partial charge in [0.1, 0.15) is 17.7 Å². The van der Waals surface area contributed by atoms with Crippen LogP contribution in [0.25, 0.3) is 11.1 Å². The molecule has 1 heterocycles. The van der Waals surface area contributed by atoms with Crippen LogP contribution in [-0.4, -0.2) is 62.1 Å². The topological polar surface area (TPSA) is 78.5 Å². The summed E-state index contributed by atoms with van der Waals surface area (Å²) in [5.41, 5.74) is -0.913. The predicted molar refractivity (Wildman–Crippen MR) is 125 cm³/mol. The molecule has 0 bridgehead atoms. The van der Waals surface area contributed by atoms with Gasteiger partial charge in [-0.05, 0) is 57.5 Å². The molecule has 0 radical (unpaired) electrons. The summed E-state index contributed by atoms with van der Waals surface area (Å²) >= 11 is 0. The summed E-state index contributed by atoms with van der Waals surface area (Å²) in [6.45, 7) is 3.31. The van der Waals surface area contributed by atoms with E-state index in [0.29, 0.717) is 0 Å². The normalized spacial score (nSPS) is 20.3. The Morgan fingerprint density at radius 1 is 1.17 bits per heavy atom. The van der Waals surface area contributed by atoms with Crippen molar-refractivity contribution in [1.82, 2.24) is 14.9 Å². The van der Waals surface area contributed by atoms with Gasteiger partial charge in [-0.3, -0.25) is 4.79 Å². The maximum absolute atomic E-state index is 15.5. The van der Waals surface area contributed by atoms with Crippen LogP contribution in [0.1, 0.15) is 26.3 Å². The zero-order valence-corrected chi connectivity index (χ0v) is 20.7. The number of hydrogen-bond acceptors (Lipinski definition) is 4. The lowest BCUT2D eigenvalue weighted by molar-refractivity contribution is -0.139. The predicted octanol–water partition coefficient (Wildman–Crippen LogP) is 3.33. The summed E-state index contributed by atoms with van der Waals surface area (Å²) in [5, 5.41) is 2.77. The van der Waals surface area contributed by atoms with E-state index in [4.69, 9.17) is 0 Å². The first-order chi connectivity index (χ1) is 16.2. The van der Waals surface area contributed by atoms with Gasteiger partial charge < -0.3 is 10.2 Å². The Labute approximate surface area is 202 Å². The smallest absolute Gasteiger partial charge is 0.283 e. The second-order valence-electron chi connectivity index (χ2n) is 9.13. The van der Waals surface area contributed by atoms with Crippen molar-refractivity contribution >= 4 is 15.9 Å². The fourth-order valence-electron chi connectivity index (χ4n) is 4.10. The van der Waals surface area contributed by atoms with Gasteiger partial charge in [-0.1, -0.05) is 30.3 Å². The largest absolute Gasteiger partial charge is 0.330 e. The maximum Gasteiger partial charge on any atom is 0.283 e. The molecule has 35 heavy (non-hydrogen) atoms. The molecule has 6 nitrogen and oxygen atoms in total. The lowest BCUT2D eigenvalue weighted by atomic mass is 9.94. The lowest BCUT2D eigenvalue weighted by Gasteiger charge is -2.34. The molecule has 2 aromatic carbocycles. The Morgan fingerprint density at radius 3 is 2.43 bits per heavy atom. The van der Waals surface area contributed by atoms with Crippen LogP contribution in [0.15, 0.2) is 42.5 Å². The number of carbonyl (C=O) groups is 1. The molecule has 0 aromatic heterocycles. The highest BCUT2D eigenvalue weighted by molar-refractivity contribution is 7.89. The zero-order chi connectivity index (χ0) is 26.2. The number of likely N-dealkylation sites (tertiary alicyclic amines) is 1. The first-order valence-corrected chi connectivity index (χ1v) is 12.8. The molecule has 2 N–H and O–H groups in total. The third kappa shape index (κ3) is 5.68. The number of carbonyl (C=O) groups excluding carboxylic acids is 1. The average molecular weight is 516 g/mol. The lowest BCUT2D eigenvalue weighted by Crippen LogP contribution is -2.57. The van der Waals surface area contributed by atoms with E-state index in [2.05, 4.69) is 5.32 Å². The molecule has 2 atom stereocenters. The van der Waals surface area contributed by atoms with Crippen molar-refractivity contribution in [3.63, 3.8) is 0 Å². The van der Waals surface area contributed by atoms with Gasteiger partial charge >= 0.3 is 0 Å². The van der Waals surface area contributed by atoms with Gasteiger partial charge in [-0.25, -0.2) is 30.7 Å². The Balaban J connectivity index is 2.08. The second-order valence-corrected chi connectivity index (χ2v) is 11.2. The van der Waals surface area contributed by atoms with E-state index < -0.39 is 63.4 Å². The number of likely N-dealkylation sites (N-methyl/N-ethyl adjacent to an activating group) is 1. The van der Waals surface area contributed by atoms with E-state index in [0.717, 1.165) is 11.0 Å². The van der Waals surface area contributed by atoms with E-state index >= 15 is 13.2 Å². The third-order valence-electron chi connectivity index (χ3n) is 6.37. The van der Waals surface area contributed by atoms with Gasteiger partial charge in [0.15, 0.2) is 0 Å². The third-order valence-corrected chi connectivity index (χ3v) is 7.74. The zero-order valence-electron chi connectivity index (χ0n) is 19.9. The van der Waals surface area contributed by atoms with Crippen molar-refractivity contribution in [2.45, 2.75) is 50.7 Å². The highest BCUT2D eigenvalue weighted by Crippen LogP contribution is 2.37. The number of benzene rings is 2. The molecule has 11 heteroatoms. The minimum Gasteiger partial charge on any atom is -0.330 e. The van der Waals surface area contributed by atoms with E-state index in [1.54, 1.807) is 0 Å². The summed E-state index contributed by atoms with van der Waals surface area (Å²) in [6.07, 6.45) is -0.382. The average Bonchev–Trinajstić information content (AvgIpc) is 3.03. The van der Waals surface area contributed by atoms with Crippen molar-refractivity contribution < 1.29 is 30.8 Å². The molecule has 1 amide bonds. The molecule has 3 rings (SSSR count). The Hall–Kier alpha value is -2.50. The number of sulfonamides is 1. The van der Waals surface area contributed by atoms with E-state index in [1.807, 2.05) is 4.72 Å². The SMILES string of the molecule is CCS(=O)(=O)N[C@@H]1[C@H](Cc2cccc(-c3cccc(F)c3)c2F)N(C(=O)C(C)(C)NC)CC1(F)F. The first-order valence-electron chi connectivity index (χ1n) is 11.1. The van der Waals surface area contributed by atoms with Crippen LogP contribution in [-0.2, 0) is 21.2 Å². The summed E-state index contributed by atoms with van der Waals surface area (Å²) in [5.74, 6) is -6.03. The molecular weight excluding hydrogens is 486 g/mol. The monoisotopic (exact) mass is 515 g/mol. The fraction of sp³-hybridized carbons (Fsp3) is 0.458. The van der Waals surface area contributed by atoms with Crippen molar-refractivity contribution in [2.75, 3.05) is 19.3 Å². The van der Waals surface area contributed by atoms with Crippen LogP contribution < -0.4 is 10.0 Å². The highest BCUT2D eigenvalue weighted by atomic mass is 32.2. The van der Waals surface area contributed by atoms with Crippen molar-refractivity contribution in [3.05, 3.63) is 59.7 Å². The molecule has 0 aliphatic carbocycles. The molecule has 0 spiro atoms. The molecule has 1 aliphatic rings. The number of nitrogens with one attached hydrogen (secondary N) is 2. The molecule has 0 saturated carbocycles. The van der Waals surface area contributed by atoms with Gasteiger partial charge in [-0.2, -0.15) is 0 Å². The number of amides is 1. The summed E-state index contributed by atoms with van der Waals surface area (Å²) in [6, 6.07) is 6.28. The molecule has 1 saturated heterocycles. The van der Waals surface area contributed by atoms with Crippen molar-refractivity contribution in [2.24, 2.45) is 0 Å². The fourth-order valence-corrected chi connectivity index (χ4v) is 4.99. The Morgan fingerprint density at radius 2 is 1.83 bits per heavy atom. The van der Waals surface area contributed by atoms with Gasteiger partial charge in [0.05, 0.1) is 23.9 Å². The van der Waals surface area contributed by atoms with Crippen LogP contribution >= 0.6 is 0 Å². The van der Waals surface area contributed by atoms with Gasteiger partial charge in [0.25, 0.3) is 5.92 Å². The minimum atomic E-state index is -4.07. The summed E-state index contributed by atoms with van der Waals surface area (Å²) in [7, 11) is -2.57. The number of rotatable bonds is 8. The van der Waals surface area contributed by atoms with E-state index in [-0.39, 0.29) is 23.1 Å². The number of alkyl halides is 2. The molecule has 0 unspecified atom stereocenters. The summed E-state index contributed by atoms with van der Waals surface area (Å²) < 4.78 is 86.0. The van der Waals surface area contributed by atoms with Crippen LogP contribution in [0.4, 0.5) is 17.6 Å². The molecule has 1 aliphatic heterocycles. The van der Waals surface area contributed by atoms with Gasteiger partial charge in [-0.15, -0.1) is 0 Å². The number of hydrogen-bond donors (Lipinski definition) is 2. The quantitative estimate of drug-likeness (QED) is 0.529. The molecule has 192 valence electrons. The van der Waals surface area contributed by atoms with Crippen LogP contribution in [0, 0.1) is 11.6 Å². The van der Waals surface area contributed by atoms with Crippen LogP contribution in [0.3, 0.4) is 0 Å². The highest BCUT2D eigenvalue weighted by Gasteiger charge is 2.58. The Bertz CT molecular complexity index is 1200. The van der Waals surface area contributed by atoms with Crippen molar-refractivity contribution in [3.8, 4) is 11.1 Å². The van der Waals surface area contributed by atoms with Gasteiger partial charge in [0, 0.05) is 5.56 Å². The number of nitrogens with zero attached hydrogens (tertiary/aromatic N) is 1. The minimum absolute atomic E-state index is 0.00442. The van der Waals surface area contributed by atoms with Crippen LogP contribution in [0.5, 0.6) is 0 Å². The van der Waals surface area contributed by atoms with E-state index in [9.17, 15) is 17.6 Å². The first kappa shape index (κ1) is 27.1. The van der Waals surface area contributed by atoms with Gasteiger partial charge in [0.2, 0.25) is 15.9 Å². The molecular formula is C24H29F4N3O3S. The Kier molecular flexibility index (Phi) is 7.64. The maximum atomic E-state index is 15.5. The van der Waals surface area contributed by atoms with Crippen LogP contribution in [0.2, 0.25) is 0 Å². The number of halogens is 4.